The maximum absolute atomic E-state index is 13.2. The fraction of sp³-hybridized carbons (Fsp3) is 0.417. The van der Waals surface area contributed by atoms with Crippen molar-refractivity contribution in [2.75, 3.05) is 33.2 Å². The second-order valence-corrected chi connectivity index (χ2v) is 10.8. The van der Waals surface area contributed by atoms with E-state index in [0.29, 0.717) is 18.5 Å². The van der Waals surface area contributed by atoms with E-state index in [0.717, 1.165) is 23.1 Å². The molecule has 2 aromatic carbocycles. The fourth-order valence-corrected chi connectivity index (χ4v) is 5.51. The molecule has 0 aliphatic carbocycles. The van der Waals surface area contributed by atoms with E-state index in [1.165, 1.54) is 19.2 Å². The monoisotopic (exact) mass is 532 g/mol. The third kappa shape index (κ3) is 7.64. The van der Waals surface area contributed by atoms with E-state index in [2.05, 4.69) is 10.0 Å². The quantitative estimate of drug-likeness (QED) is 0.211. The van der Waals surface area contributed by atoms with E-state index in [9.17, 15) is 22.8 Å². The molecular formula is C24H32N6O6S. The zero-order chi connectivity index (χ0) is 27.2. The van der Waals surface area contributed by atoms with Crippen molar-refractivity contribution in [2.24, 2.45) is 11.7 Å². The van der Waals surface area contributed by atoms with Crippen LogP contribution in [0.4, 0.5) is 0 Å². The highest BCUT2D eigenvalue weighted by molar-refractivity contribution is 7.89. The Hall–Kier alpha value is -3.71. The largest absolute Gasteiger partial charge is 0.480 e. The van der Waals surface area contributed by atoms with Crippen molar-refractivity contribution in [2.45, 2.75) is 30.2 Å². The van der Waals surface area contributed by atoms with E-state index in [4.69, 9.17) is 16.2 Å². The topological polar surface area (TPSA) is 186 Å². The molecule has 6 N–H and O–H groups in total. The molecule has 1 aliphatic rings. The van der Waals surface area contributed by atoms with Crippen molar-refractivity contribution < 1.29 is 27.9 Å². The maximum Gasteiger partial charge on any atom is 0.323 e. The van der Waals surface area contributed by atoms with Crippen LogP contribution >= 0.6 is 0 Å². The van der Waals surface area contributed by atoms with Crippen LogP contribution in [0.3, 0.4) is 0 Å². The van der Waals surface area contributed by atoms with Crippen LogP contribution in [0.1, 0.15) is 19.3 Å². The molecule has 0 radical (unpaired) electrons. The van der Waals surface area contributed by atoms with Gasteiger partial charge in [-0.1, -0.05) is 30.3 Å². The van der Waals surface area contributed by atoms with E-state index in [1.807, 2.05) is 12.1 Å². The Morgan fingerprint density at radius 1 is 1.22 bits per heavy atom. The van der Waals surface area contributed by atoms with Gasteiger partial charge in [-0.15, -0.1) is 0 Å². The van der Waals surface area contributed by atoms with Crippen molar-refractivity contribution >= 4 is 44.5 Å². The van der Waals surface area contributed by atoms with Crippen LogP contribution in [0.5, 0.6) is 0 Å². The molecule has 3 rings (SSSR count). The molecule has 2 aromatic rings. The van der Waals surface area contributed by atoms with Crippen molar-refractivity contribution in [1.82, 2.24) is 19.8 Å². The Morgan fingerprint density at radius 3 is 2.59 bits per heavy atom. The summed E-state index contributed by atoms with van der Waals surface area (Å²) in [6.07, 6.45) is 1.12. The van der Waals surface area contributed by atoms with Gasteiger partial charge >= 0.3 is 5.97 Å². The number of carboxylic acid groups (broad SMARTS) is 1. The zero-order valence-electron chi connectivity index (χ0n) is 20.5. The van der Waals surface area contributed by atoms with E-state index in [1.54, 1.807) is 23.1 Å². The summed E-state index contributed by atoms with van der Waals surface area (Å²) in [5.74, 6) is -2.68. The molecule has 2 atom stereocenters. The van der Waals surface area contributed by atoms with E-state index < -0.39 is 46.8 Å². The number of amides is 2. The number of nitrogens with one attached hydrogen (secondary N) is 3. The molecule has 0 saturated carbocycles. The molecule has 1 saturated heterocycles. The molecular weight excluding hydrogens is 500 g/mol. The molecule has 37 heavy (non-hydrogen) atoms. The average molecular weight is 533 g/mol. The lowest BCUT2D eigenvalue weighted by Gasteiger charge is -2.33. The van der Waals surface area contributed by atoms with Crippen LogP contribution in [0.15, 0.2) is 47.4 Å². The second kappa shape index (κ2) is 12.0. The number of rotatable bonds is 10. The third-order valence-electron chi connectivity index (χ3n) is 6.21. The number of aliphatic carboxylic acids is 1. The summed E-state index contributed by atoms with van der Waals surface area (Å²) in [4.78, 5) is 39.3. The van der Waals surface area contributed by atoms with Crippen molar-refractivity contribution in [3.63, 3.8) is 0 Å². The van der Waals surface area contributed by atoms with Crippen LogP contribution in [0.2, 0.25) is 0 Å². The smallest absolute Gasteiger partial charge is 0.323 e. The highest BCUT2D eigenvalue weighted by Crippen LogP contribution is 2.20. The number of nitrogens with zero attached hydrogens (tertiary/aromatic N) is 2. The van der Waals surface area contributed by atoms with Crippen molar-refractivity contribution in [3.8, 4) is 0 Å². The highest BCUT2D eigenvalue weighted by Gasteiger charge is 2.31. The first kappa shape index (κ1) is 27.9. The molecule has 1 aliphatic heterocycles. The number of carbonyl (C=O) groups is 3. The van der Waals surface area contributed by atoms with Gasteiger partial charge in [0.25, 0.3) is 0 Å². The molecule has 1 fully saturated rings. The molecule has 13 heteroatoms. The van der Waals surface area contributed by atoms with Crippen LogP contribution in [-0.4, -0.2) is 86.3 Å². The van der Waals surface area contributed by atoms with E-state index >= 15 is 0 Å². The van der Waals surface area contributed by atoms with Gasteiger partial charge in [-0.2, -0.15) is 4.72 Å². The number of likely N-dealkylation sites (tertiary alicyclic amines) is 1. The lowest BCUT2D eigenvalue weighted by molar-refractivity contribution is -0.144. The third-order valence-corrected chi connectivity index (χ3v) is 7.68. The lowest BCUT2D eigenvalue weighted by Crippen LogP contribution is -2.51. The predicted molar refractivity (Wildman–Crippen MR) is 137 cm³/mol. The highest BCUT2D eigenvalue weighted by atomic mass is 32.2. The number of sulfonamides is 1. The van der Waals surface area contributed by atoms with Crippen LogP contribution in [-0.2, 0) is 24.4 Å². The Kier molecular flexibility index (Phi) is 9.05. The first-order valence-corrected chi connectivity index (χ1v) is 13.3. The summed E-state index contributed by atoms with van der Waals surface area (Å²) in [6, 6.07) is 10.2. The van der Waals surface area contributed by atoms with Gasteiger partial charge in [0, 0.05) is 26.7 Å². The number of benzene rings is 2. The number of likely N-dealkylation sites (N-methyl/N-ethyl adjacent to an activating group) is 1. The number of carboxylic acids is 1. The van der Waals surface area contributed by atoms with Gasteiger partial charge in [-0.05, 0) is 41.7 Å². The Balaban J connectivity index is 1.74. The summed E-state index contributed by atoms with van der Waals surface area (Å²) in [6.45, 7) is 0.792. The van der Waals surface area contributed by atoms with Crippen LogP contribution < -0.4 is 15.8 Å². The number of carbonyl (C=O) groups excluding carboxylic acids is 2. The minimum absolute atomic E-state index is 0.0359. The SMILES string of the molecule is CN(CC(=O)O)C(=O)C(CC(=O)NCC1CCCN(C(=N)N)C1)NS(=O)(=O)c1ccc2ccccc2c1. The number of hydrogen-bond acceptors (Lipinski definition) is 6. The molecule has 2 amide bonds. The number of guanidine groups is 1. The summed E-state index contributed by atoms with van der Waals surface area (Å²) < 4.78 is 28.6. The summed E-state index contributed by atoms with van der Waals surface area (Å²) >= 11 is 0. The normalized spacial score (nSPS) is 16.7. The summed E-state index contributed by atoms with van der Waals surface area (Å²) in [5, 5.41) is 20.9. The van der Waals surface area contributed by atoms with Gasteiger partial charge in [-0.3, -0.25) is 19.8 Å². The number of nitrogens with two attached hydrogens (primary N) is 1. The van der Waals surface area contributed by atoms with Crippen molar-refractivity contribution in [1.29, 1.82) is 5.41 Å². The first-order chi connectivity index (χ1) is 17.5. The van der Waals surface area contributed by atoms with Gasteiger partial charge in [0.05, 0.1) is 11.3 Å². The average Bonchev–Trinajstić information content (AvgIpc) is 2.86. The molecule has 12 nitrogen and oxygen atoms in total. The zero-order valence-corrected chi connectivity index (χ0v) is 21.3. The second-order valence-electron chi connectivity index (χ2n) is 9.12. The van der Waals surface area contributed by atoms with Gasteiger partial charge < -0.3 is 26.0 Å². The molecule has 0 bridgehead atoms. The van der Waals surface area contributed by atoms with E-state index in [-0.39, 0.29) is 23.3 Å². The first-order valence-electron chi connectivity index (χ1n) is 11.8. The molecule has 2 unspecified atom stereocenters. The Labute approximate surface area is 215 Å². The number of piperidine rings is 1. The predicted octanol–water partition coefficient (Wildman–Crippen LogP) is 0.141. The summed E-state index contributed by atoms with van der Waals surface area (Å²) in [5.41, 5.74) is 5.56. The molecule has 1 heterocycles. The fourth-order valence-electron chi connectivity index (χ4n) is 4.28. The van der Waals surface area contributed by atoms with Crippen LogP contribution in [0, 0.1) is 11.3 Å². The molecule has 200 valence electrons. The van der Waals surface area contributed by atoms with Gasteiger partial charge in [0.1, 0.15) is 12.6 Å². The molecule has 0 spiro atoms. The van der Waals surface area contributed by atoms with Crippen LogP contribution in [0.25, 0.3) is 10.8 Å². The van der Waals surface area contributed by atoms with Gasteiger partial charge in [-0.25, -0.2) is 8.42 Å². The lowest BCUT2D eigenvalue weighted by atomic mass is 9.98. The molecule has 0 aromatic heterocycles. The maximum atomic E-state index is 13.2. The van der Waals surface area contributed by atoms with Gasteiger partial charge in [0.2, 0.25) is 21.8 Å². The Morgan fingerprint density at radius 2 is 1.92 bits per heavy atom. The van der Waals surface area contributed by atoms with Gasteiger partial charge in [0.15, 0.2) is 5.96 Å². The van der Waals surface area contributed by atoms with Crippen molar-refractivity contribution in [3.05, 3.63) is 42.5 Å². The summed E-state index contributed by atoms with van der Waals surface area (Å²) in [7, 11) is -3.00. The number of fused-ring (bicyclic) bond motifs is 1. The minimum atomic E-state index is -4.22. The Bertz CT molecular complexity index is 1280. The standard InChI is InChI=1S/C24H32N6O6S/c1-29(15-22(32)33)23(34)20(12-21(31)27-13-16-5-4-10-30(14-16)24(25)26)28-37(35,36)19-9-8-17-6-2-3-7-18(17)11-19/h2-3,6-9,11,16,20,28H,4-5,10,12-15H2,1H3,(H3,25,26)(H,27,31)(H,32,33). The minimum Gasteiger partial charge on any atom is -0.480 e. The number of hydrogen-bond donors (Lipinski definition) is 5.